The number of ether oxygens (including phenoxy) is 1. The van der Waals surface area contributed by atoms with Gasteiger partial charge >= 0.3 is 0 Å². The number of likely N-dealkylation sites (tertiary alicyclic amines) is 1. The van der Waals surface area contributed by atoms with Gasteiger partial charge in [-0.1, -0.05) is 13.8 Å². The molecule has 0 radical (unpaired) electrons. The second kappa shape index (κ2) is 8.72. The fraction of sp³-hybridized carbons (Fsp3) is 0.565. The second-order valence-electron chi connectivity index (χ2n) is 9.57. The van der Waals surface area contributed by atoms with Crippen molar-refractivity contribution < 1.29 is 32.7 Å². The Kier molecular flexibility index (Phi) is 6.11. The normalized spacial score (nSPS) is 28.0. The van der Waals surface area contributed by atoms with Gasteiger partial charge in [-0.05, 0) is 42.2 Å². The Morgan fingerprint density at radius 3 is 2.73 bits per heavy atom. The van der Waals surface area contributed by atoms with Crippen molar-refractivity contribution >= 4 is 24.0 Å². The predicted octanol–water partition coefficient (Wildman–Crippen LogP) is 1.04. The molecule has 1 aliphatic carbocycles. The van der Waals surface area contributed by atoms with Gasteiger partial charge in [-0.15, -0.1) is 0 Å². The van der Waals surface area contributed by atoms with Gasteiger partial charge in [0.15, 0.2) is 18.2 Å². The summed E-state index contributed by atoms with van der Waals surface area (Å²) in [6.45, 7) is 4.54. The van der Waals surface area contributed by atoms with E-state index in [1.165, 1.54) is 11.0 Å². The molecule has 4 rings (SSSR count). The number of carbonyl (C=O) groups is 4. The van der Waals surface area contributed by atoms with Crippen molar-refractivity contribution in [2.24, 2.45) is 23.2 Å². The van der Waals surface area contributed by atoms with Crippen molar-refractivity contribution in [2.45, 2.75) is 38.8 Å². The van der Waals surface area contributed by atoms with Gasteiger partial charge in [0.2, 0.25) is 11.8 Å². The molecule has 2 heterocycles. The lowest BCUT2D eigenvalue weighted by molar-refractivity contribution is -0.142. The second-order valence-corrected chi connectivity index (χ2v) is 9.57. The molecule has 5 unspecified atom stereocenters. The van der Waals surface area contributed by atoms with E-state index in [1.807, 2.05) is 13.8 Å². The predicted molar refractivity (Wildman–Crippen MR) is 112 cm³/mol. The highest BCUT2D eigenvalue weighted by Crippen LogP contribution is 2.64. The van der Waals surface area contributed by atoms with Gasteiger partial charge < -0.3 is 25.1 Å². The van der Waals surface area contributed by atoms with Gasteiger partial charge in [-0.25, -0.2) is 8.78 Å². The zero-order chi connectivity index (χ0) is 23.9. The highest BCUT2D eigenvalue weighted by Gasteiger charge is 2.69. The Morgan fingerprint density at radius 1 is 1.33 bits per heavy atom. The van der Waals surface area contributed by atoms with Crippen molar-refractivity contribution in [2.75, 3.05) is 19.7 Å². The summed E-state index contributed by atoms with van der Waals surface area (Å²) in [5, 5.41) is 5.42. The van der Waals surface area contributed by atoms with Gasteiger partial charge in [0.1, 0.15) is 18.1 Å². The van der Waals surface area contributed by atoms with Crippen LogP contribution in [0.5, 0.6) is 5.75 Å². The van der Waals surface area contributed by atoms with Crippen LogP contribution in [0.1, 0.15) is 26.7 Å². The zero-order valence-corrected chi connectivity index (χ0v) is 18.5. The third kappa shape index (κ3) is 4.43. The summed E-state index contributed by atoms with van der Waals surface area (Å²) in [5.74, 6) is -3.40. The van der Waals surface area contributed by atoms with E-state index in [4.69, 9.17) is 4.74 Å². The Morgan fingerprint density at radius 2 is 2.09 bits per heavy atom. The van der Waals surface area contributed by atoms with Crippen LogP contribution in [0.2, 0.25) is 0 Å². The molecular weight excluding hydrogens is 436 g/mol. The first-order valence-electron chi connectivity index (χ1n) is 11.0. The molecule has 33 heavy (non-hydrogen) atoms. The van der Waals surface area contributed by atoms with Gasteiger partial charge in [-0.3, -0.25) is 14.4 Å². The minimum absolute atomic E-state index is 0.00352. The smallest absolute Gasteiger partial charge is 0.261 e. The van der Waals surface area contributed by atoms with Crippen molar-refractivity contribution in [1.29, 1.82) is 0 Å². The number of rotatable bonds is 8. The number of hydrogen-bond acceptors (Lipinski definition) is 5. The number of halogens is 2. The van der Waals surface area contributed by atoms with Gasteiger partial charge in [-0.2, -0.15) is 0 Å². The van der Waals surface area contributed by atoms with E-state index in [9.17, 15) is 28.0 Å². The monoisotopic (exact) mass is 463 g/mol. The maximum atomic E-state index is 13.4. The summed E-state index contributed by atoms with van der Waals surface area (Å²) >= 11 is 0. The number of piperidine rings is 1. The first kappa shape index (κ1) is 23.1. The SMILES string of the molecule is CC1(C)C2CN(C(=O)COc3ccc(F)c(F)c3)C(C(=O)NC(C=O)CC3CCNC3=O)C21. The van der Waals surface area contributed by atoms with E-state index in [1.54, 1.807) is 0 Å². The molecule has 1 aromatic carbocycles. The number of benzene rings is 1. The third-order valence-electron chi connectivity index (χ3n) is 7.24. The summed E-state index contributed by atoms with van der Waals surface area (Å²) in [5.41, 5.74) is -0.123. The van der Waals surface area contributed by atoms with Crippen molar-refractivity contribution in [3.05, 3.63) is 29.8 Å². The average molecular weight is 463 g/mol. The molecule has 10 heteroatoms. The number of nitrogens with one attached hydrogen (secondary N) is 2. The molecule has 178 valence electrons. The summed E-state index contributed by atoms with van der Waals surface area (Å²) in [6.07, 6.45) is 1.43. The first-order chi connectivity index (χ1) is 15.6. The average Bonchev–Trinajstić information content (AvgIpc) is 3.13. The summed E-state index contributed by atoms with van der Waals surface area (Å²) in [6, 6.07) is 1.37. The van der Waals surface area contributed by atoms with Crippen LogP contribution in [-0.4, -0.2) is 60.7 Å². The van der Waals surface area contributed by atoms with Crippen LogP contribution in [0, 0.1) is 34.8 Å². The summed E-state index contributed by atoms with van der Waals surface area (Å²) in [7, 11) is 0. The van der Waals surface area contributed by atoms with Crippen LogP contribution in [0.4, 0.5) is 8.78 Å². The van der Waals surface area contributed by atoms with Crippen LogP contribution >= 0.6 is 0 Å². The Balaban J connectivity index is 1.41. The molecule has 5 atom stereocenters. The zero-order valence-electron chi connectivity index (χ0n) is 18.5. The molecule has 8 nitrogen and oxygen atoms in total. The standard InChI is InChI=1S/C23H27F2N3O5/c1-23(2)15-9-28(18(30)11-33-14-3-4-16(24)17(25)8-14)20(19(15)23)22(32)27-13(10-29)7-12-5-6-26-21(12)31/h3-4,8,10,12-13,15,19-20H,5-7,9,11H2,1-2H3,(H,26,31)(H,27,32). The van der Waals surface area contributed by atoms with E-state index in [2.05, 4.69) is 10.6 Å². The Bertz CT molecular complexity index is 985. The number of nitrogens with zero attached hydrogens (tertiary/aromatic N) is 1. The van der Waals surface area contributed by atoms with Gasteiger partial charge in [0.05, 0.1) is 6.04 Å². The Labute approximate surface area is 190 Å². The molecule has 0 bridgehead atoms. The molecule has 3 amide bonds. The highest BCUT2D eigenvalue weighted by molar-refractivity contribution is 5.91. The molecule has 0 aromatic heterocycles. The molecule has 1 saturated carbocycles. The number of hydrogen-bond donors (Lipinski definition) is 2. The Hall–Kier alpha value is -3.04. The highest BCUT2D eigenvalue weighted by atomic mass is 19.2. The number of aldehydes is 1. The quantitative estimate of drug-likeness (QED) is 0.561. The lowest BCUT2D eigenvalue weighted by Crippen LogP contribution is -2.53. The summed E-state index contributed by atoms with van der Waals surface area (Å²) < 4.78 is 31.8. The summed E-state index contributed by atoms with van der Waals surface area (Å²) in [4.78, 5) is 50.9. The van der Waals surface area contributed by atoms with Gasteiger partial charge in [0, 0.05) is 25.1 Å². The molecular formula is C23H27F2N3O5. The van der Waals surface area contributed by atoms with Crippen LogP contribution in [0.15, 0.2) is 18.2 Å². The van der Waals surface area contributed by atoms with Crippen molar-refractivity contribution in [3.8, 4) is 5.75 Å². The molecule has 3 aliphatic rings. The molecule has 3 fully saturated rings. The van der Waals surface area contributed by atoms with Gasteiger partial charge in [0.25, 0.3) is 5.91 Å². The lowest BCUT2D eigenvalue weighted by atomic mass is 9.97. The maximum Gasteiger partial charge on any atom is 0.261 e. The molecule has 0 spiro atoms. The number of carbonyl (C=O) groups excluding carboxylic acids is 4. The largest absolute Gasteiger partial charge is 0.484 e. The molecule has 2 aliphatic heterocycles. The molecule has 2 N–H and O–H groups in total. The van der Waals surface area contributed by atoms with E-state index >= 15 is 0 Å². The van der Waals surface area contributed by atoms with E-state index in [-0.39, 0.29) is 41.2 Å². The fourth-order valence-electron chi connectivity index (χ4n) is 5.23. The third-order valence-corrected chi connectivity index (χ3v) is 7.24. The molecule has 2 saturated heterocycles. The minimum Gasteiger partial charge on any atom is -0.484 e. The van der Waals surface area contributed by atoms with Crippen LogP contribution in [0.25, 0.3) is 0 Å². The fourth-order valence-corrected chi connectivity index (χ4v) is 5.23. The van der Waals surface area contributed by atoms with Crippen LogP contribution < -0.4 is 15.4 Å². The van der Waals surface area contributed by atoms with Crippen LogP contribution in [0.3, 0.4) is 0 Å². The topological polar surface area (TPSA) is 105 Å². The van der Waals surface area contributed by atoms with E-state index in [0.717, 1.165) is 12.1 Å². The maximum absolute atomic E-state index is 13.4. The lowest BCUT2D eigenvalue weighted by Gasteiger charge is -2.31. The van der Waals surface area contributed by atoms with Crippen molar-refractivity contribution in [1.82, 2.24) is 15.5 Å². The first-order valence-corrected chi connectivity index (χ1v) is 11.0. The number of fused-ring (bicyclic) bond motifs is 1. The number of amides is 3. The van der Waals surface area contributed by atoms with E-state index in [0.29, 0.717) is 25.8 Å². The van der Waals surface area contributed by atoms with Crippen molar-refractivity contribution in [3.63, 3.8) is 0 Å². The molecule has 1 aromatic rings. The van der Waals surface area contributed by atoms with Crippen LogP contribution in [-0.2, 0) is 19.2 Å². The van der Waals surface area contributed by atoms with E-state index < -0.39 is 42.1 Å². The minimum atomic E-state index is -1.09.